The fourth-order valence-electron chi connectivity index (χ4n) is 1.21. The summed E-state index contributed by atoms with van der Waals surface area (Å²) in [6.45, 7) is 4.38. The molecule has 2 N–H and O–H groups in total. The molecule has 82 valence electrons. The number of carbonyl (C=O) groups is 1. The van der Waals surface area contributed by atoms with Crippen molar-refractivity contribution in [2.45, 2.75) is 20.3 Å². The number of anilines is 1. The summed E-state index contributed by atoms with van der Waals surface area (Å²) in [7, 11) is 0. The van der Waals surface area contributed by atoms with Gasteiger partial charge in [0.25, 0.3) is 5.91 Å². The summed E-state index contributed by atoms with van der Waals surface area (Å²) < 4.78 is 12.3. The number of rotatable bonds is 4. The van der Waals surface area contributed by atoms with Gasteiger partial charge in [-0.05, 0) is 31.0 Å². The Labute approximate surface area is 88.6 Å². The number of hydrogen-bond donors (Lipinski definition) is 2. The fraction of sp³-hybridized carbons (Fsp3) is 0.364. The minimum absolute atomic E-state index is 0.173. The summed E-state index contributed by atoms with van der Waals surface area (Å²) >= 11 is 0. The zero-order chi connectivity index (χ0) is 11.3. The van der Waals surface area contributed by atoms with Crippen molar-refractivity contribution in [3.63, 3.8) is 0 Å². The molecule has 0 heterocycles. The van der Waals surface area contributed by atoms with Crippen molar-refractivity contribution in [2.24, 2.45) is 0 Å². The maximum absolute atomic E-state index is 12.3. The smallest absolute Gasteiger partial charge is 0.251 e. The second kappa shape index (κ2) is 5.34. The summed E-state index contributed by atoms with van der Waals surface area (Å²) in [5, 5.41) is 2.73. The molecule has 0 saturated heterocycles. The van der Waals surface area contributed by atoms with Gasteiger partial charge in [0.15, 0.2) is 0 Å². The van der Waals surface area contributed by atoms with Gasteiger partial charge in [0.1, 0.15) is 0 Å². The Balaban J connectivity index is 2.81. The number of aryl methyl sites for hydroxylation is 1. The van der Waals surface area contributed by atoms with Crippen LogP contribution in [0.3, 0.4) is 0 Å². The SMILES string of the molecule is CCCNC(=O)c1ccc(C)c(NF)c1. The molecular weight excluding hydrogens is 195 g/mol. The minimum Gasteiger partial charge on any atom is -0.352 e. The first kappa shape index (κ1) is 11.5. The zero-order valence-corrected chi connectivity index (χ0v) is 8.93. The van der Waals surface area contributed by atoms with Gasteiger partial charge in [-0.2, -0.15) is 0 Å². The van der Waals surface area contributed by atoms with E-state index in [0.717, 1.165) is 12.0 Å². The van der Waals surface area contributed by atoms with Crippen molar-refractivity contribution in [3.8, 4) is 0 Å². The number of nitrogens with one attached hydrogen (secondary N) is 2. The number of carbonyl (C=O) groups excluding carboxylic acids is 1. The second-order valence-corrected chi connectivity index (χ2v) is 3.38. The van der Waals surface area contributed by atoms with Crippen LogP contribution in [0.4, 0.5) is 10.2 Å². The van der Waals surface area contributed by atoms with Crippen LogP contribution in [-0.2, 0) is 0 Å². The van der Waals surface area contributed by atoms with Gasteiger partial charge in [0.05, 0.1) is 5.69 Å². The van der Waals surface area contributed by atoms with Crippen molar-refractivity contribution in [1.82, 2.24) is 5.32 Å². The third-order valence-corrected chi connectivity index (χ3v) is 2.14. The Morgan fingerprint density at radius 3 is 2.80 bits per heavy atom. The summed E-state index contributed by atoms with van der Waals surface area (Å²) in [5.41, 5.74) is 3.13. The summed E-state index contributed by atoms with van der Waals surface area (Å²) in [5.74, 6) is -0.173. The molecule has 15 heavy (non-hydrogen) atoms. The maximum atomic E-state index is 12.3. The summed E-state index contributed by atoms with van der Waals surface area (Å²) in [6, 6.07) is 4.89. The Kier molecular flexibility index (Phi) is 4.09. The van der Waals surface area contributed by atoms with Gasteiger partial charge in [-0.3, -0.25) is 4.79 Å². The van der Waals surface area contributed by atoms with E-state index in [-0.39, 0.29) is 5.91 Å². The molecule has 0 bridgehead atoms. The van der Waals surface area contributed by atoms with Crippen LogP contribution in [0.2, 0.25) is 0 Å². The monoisotopic (exact) mass is 210 g/mol. The van der Waals surface area contributed by atoms with Gasteiger partial charge in [0.2, 0.25) is 0 Å². The quantitative estimate of drug-likeness (QED) is 0.749. The second-order valence-electron chi connectivity index (χ2n) is 3.38. The number of hydrogen-bond acceptors (Lipinski definition) is 2. The van der Waals surface area contributed by atoms with Crippen LogP contribution in [0.15, 0.2) is 18.2 Å². The lowest BCUT2D eigenvalue weighted by atomic mass is 10.1. The highest BCUT2D eigenvalue weighted by Gasteiger charge is 2.06. The highest BCUT2D eigenvalue weighted by molar-refractivity contribution is 5.95. The number of benzene rings is 1. The van der Waals surface area contributed by atoms with Crippen LogP contribution in [0.5, 0.6) is 0 Å². The molecule has 0 aliphatic heterocycles. The normalized spacial score (nSPS) is 9.80. The van der Waals surface area contributed by atoms with Crippen molar-refractivity contribution in [2.75, 3.05) is 12.1 Å². The van der Waals surface area contributed by atoms with Gasteiger partial charge in [0, 0.05) is 12.1 Å². The lowest BCUT2D eigenvalue weighted by Crippen LogP contribution is -2.23. The molecule has 1 aromatic rings. The van der Waals surface area contributed by atoms with Crippen LogP contribution in [0.25, 0.3) is 0 Å². The Morgan fingerprint density at radius 2 is 2.20 bits per heavy atom. The Bertz CT molecular complexity index is 352. The molecule has 1 amide bonds. The minimum atomic E-state index is -0.173. The lowest BCUT2D eigenvalue weighted by molar-refractivity contribution is 0.0953. The van der Waals surface area contributed by atoms with Crippen molar-refractivity contribution >= 4 is 11.6 Å². The van der Waals surface area contributed by atoms with Gasteiger partial charge >= 0.3 is 0 Å². The predicted octanol–water partition coefficient (Wildman–Crippen LogP) is 2.43. The third kappa shape index (κ3) is 2.94. The molecule has 0 fully saturated rings. The van der Waals surface area contributed by atoms with Crippen molar-refractivity contribution < 1.29 is 9.28 Å². The molecule has 0 atom stereocenters. The lowest BCUT2D eigenvalue weighted by Gasteiger charge is -2.06. The van der Waals surface area contributed by atoms with E-state index in [1.54, 1.807) is 24.6 Å². The van der Waals surface area contributed by atoms with Gasteiger partial charge in [-0.1, -0.05) is 13.0 Å². The maximum Gasteiger partial charge on any atom is 0.251 e. The topological polar surface area (TPSA) is 41.1 Å². The first-order valence-electron chi connectivity index (χ1n) is 4.94. The molecule has 4 heteroatoms. The molecule has 1 aromatic carbocycles. The number of amides is 1. The molecular formula is C11H15FN2O. The van der Waals surface area contributed by atoms with Crippen molar-refractivity contribution in [1.29, 1.82) is 0 Å². The highest BCUT2D eigenvalue weighted by atomic mass is 19.2. The molecule has 0 saturated carbocycles. The fourth-order valence-corrected chi connectivity index (χ4v) is 1.21. The Morgan fingerprint density at radius 1 is 1.47 bits per heavy atom. The van der Waals surface area contributed by atoms with E-state index in [1.165, 1.54) is 6.07 Å². The van der Waals surface area contributed by atoms with Crippen LogP contribution in [-0.4, -0.2) is 12.5 Å². The average molecular weight is 210 g/mol. The van der Waals surface area contributed by atoms with Gasteiger partial charge in [-0.15, -0.1) is 4.48 Å². The van der Waals surface area contributed by atoms with E-state index >= 15 is 0 Å². The summed E-state index contributed by atoms with van der Waals surface area (Å²) in [4.78, 5) is 11.5. The molecule has 3 nitrogen and oxygen atoms in total. The van der Waals surface area contributed by atoms with E-state index in [1.807, 2.05) is 6.92 Å². The zero-order valence-electron chi connectivity index (χ0n) is 8.93. The van der Waals surface area contributed by atoms with Gasteiger partial charge in [-0.25, -0.2) is 5.54 Å². The number of halogens is 1. The van der Waals surface area contributed by atoms with Crippen LogP contribution < -0.4 is 10.9 Å². The molecule has 0 radical (unpaired) electrons. The first-order chi connectivity index (χ1) is 7.19. The van der Waals surface area contributed by atoms with Crippen LogP contribution in [0, 0.1) is 6.92 Å². The van der Waals surface area contributed by atoms with Crippen LogP contribution >= 0.6 is 0 Å². The standard InChI is InChI=1S/C11H15FN2O/c1-3-6-13-11(15)9-5-4-8(2)10(7-9)14-12/h4-5,7,14H,3,6H2,1-2H3,(H,13,15). The molecule has 1 rings (SSSR count). The predicted molar refractivity (Wildman–Crippen MR) is 58.5 cm³/mol. The largest absolute Gasteiger partial charge is 0.352 e. The van der Waals surface area contributed by atoms with Crippen molar-refractivity contribution in [3.05, 3.63) is 29.3 Å². The average Bonchev–Trinajstić information content (AvgIpc) is 2.26. The van der Waals surface area contributed by atoms with E-state index in [0.29, 0.717) is 17.8 Å². The van der Waals surface area contributed by atoms with E-state index in [9.17, 15) is 9.28 Å². The van der Waals surface area contributed by atoms with E-state index < -0.39 is 0 Å². The molecule has 0 aromatic heterocycles. The summed E-state index contributed by atoms with van der Waals surface area (Å²) in [6.07, 6.45) is 0.881. The molecule has 0 unspecified atom stereocenters. The molecule has 0 aliphatic rings. The molecule has 0 spiro atoms. The highest BCUT2D eigenvalue weighted by Crippen LogP contribution is 2.16. The van der Waals surface area contributed by atoms with Gasteiger partial charge < -0.3 is 5.32 Å². The van der Waals surface area contributed by atoms with Crippen LogP contribution in [0.1, 0.15) is 29.3 Å². The third-order valence-electron chi connectivity index (χ3n) is 2.14. The first-order valence-corrected chi connectivity index (χ1v) is 4.94. The van der Waals surface area contributed by atoms with E-state index in [2.05, 4.69) is 5.32 Å². The van der Waals surface area contributed by atoms with E-state index in [4.69, 9.17) is 0 Å². The molecule has 0 aliphatic carbocycles. The Hall–Kier alpha value is -1.58.